The average molecular weight is 596 g/mol. The van der Waals surface area contributed by atoms with Crippen molar-refractivity contribution < 1.29 is 18.0 Å². The van der Waals surface area contributed by atoms with E-state index in [-0.39, 0.29) is 23.4 Å². The molecule has 2 amide bonds. The molecule has 0 spiro atoms. The Hall–Kier alpha value is -3.36. The van der Waals surface area contributed by atoms with Crippen LogP contribution < -0.4 is 9.62 Å². The van der Waals surface area contributed by atoms with E-state index in [1.165, 1.54) is 4.90 Å². The highest BCUT2D eigenvalue weighted by molar-refractivity contribution is 7.92. The van der Waals surface area contributed by atoms with Crippen LogP contribution in [0.25, 0.3) is 0 Å². The Kier molecular flexibility index (Phi) is 9.76. The third kappa shape index (κ3) is 7.68. The fraction of sp³-hybridized carbons (Fsp3) is 0.375. The first-order valence-corrected chi connectivity index (χ1v) is 15.8. The molecule has 1 fully saturated rings. The monoisotopic (exact) mass is 595 g/mol. The molecule has 1 atom stereocenters. The van der Waals surface area contributed by atoms with Crippen molar-refractivity contribution in [1.82, 2.24) is 10.2 Å². The molecule has 0 saturated heterocycles. The van der Waals surface area contributed by atoms with Gasteiger partial charge >= 0.3 is 0 Å². The van der Waals surface area contributed by atoms with Crippen LogP contribution in [0.3, 0.4) is 0 Å². The van der Waals surface area contributed by atoms with Crippen LogP contribution in [0.1, 0.15) is 54.9 Å². The number of amides is 2. The minimum Gasteiger partial charge on any atom is -0.352 e. The molecular formula is C32H38ClN3O4S. The Bertz CT molecular complexity index is 1480. The number of nitrogens with zero attached hydrogens (tertiary/aromatic N) is 2. The Labute approximate surface area is 248 Å². The maximum absolute atomic E-state index is 14.1. The van der Waals surface area contributed by atoms with Gasteiger partial charge in [-0.05, 0) is 93.6 Å². The maximum atomic E-state index is 14.1. The summed E-state index contributed by atoms with van der Waals surface area (Å²) in [5.41, 5.74) is 3.80. The molecule has 3 aromatic rings. The summed E-state index contributed by atoms with van der Waals surface area (Å²) in [4.78, 5) is 29.0. The molecule has 0 heterocycles. The Balaban J connectivity index is 1.71. The van der Waals surface area contributed by atoms with Gasteiger partial charge in [0.1, 0.15) is 12.6 Å². The molecule has 1 aliphatic carbocycles. The number of hydrogen-bond acceptors (Lipinski definition) is 4. The van der Waals surface area contributed by atoms with Gasteiger partial charge in [0, 0.05) is 17.6 Å². The van der Waals surface area contributed by atoms with Crippen LogP contribution >= 0.6 is 11.6 Å². The molecule has 1 aliphatic rings. The van der Waals surface area contributed by atoms with Crippen molar-refractivity contribution in [1.29, 1.82) is 0 Å². The van der Waals surface area contributed by atoms with Gasteiger partial charge in [0.25, 0.3) is 10.0 Å². The lowest BCUT2D eigenvalue weighted by Gasteiger charge is -2.32. The number of hydrogen-bond donors (Lipinski definition) is 1. The van der Waals surface area contributed by atoms with Crippen LogP contribution in [0.5, 0.6) is 0 Å². The lowest BCUT2D eigenvalue weighted by atomic mass is 10.1. The first kappa shape index (κ1) is 30.6. The molecule has 1 N–H and O–H groups in total. The van der Waals surface area contributed by atoms with Gasteiger partial charge in [-0.3, -0.25) is 13.9 Å². The number of nitrogens with one attached hydrogen (secondary N) is 1. The summed E-state index contributed by atoms with van der Waals surface area (Å²) in [5, 5.41) is 3.59. The van der Waals surface area contributed by atoms with E-state index in [1.54, 1.807) is 61.5 Å². The quantitative estimate of drug-likeness (QED) is 0.314. The molecule has 0 aliphatic heterocycles. The molecule has 0 aromatic heterocycles. The molecule has 3 aromatic carbocycles. The zero-order valence-corrected chi connectivity index (χ0v) is 25.6. The van der Waals surface area contributed by atoms with E-state index in [2.05, 4.69) is 5.32 Å². The summed E-state index contributed by atoms with van der Waals surface area (Å²) in [5.74, 6) is -0.750. The van der Waals surface area contributed by atoms with Crippen LogP contribution in [-0.4, -0.2) is 43.8 Å². The molecule has 7 nitrogen and oxygen atoms in total. The fourth-order valence-corrected chi connectivity index (χ4v) is 6.88. The van der Waals surface area contributed by atoms with Gasteiger partial charge in [-0.25, -0.2) is 8.42 Å². The minimum atomic E-state index is -4.11. The van der Waals surface area contributed by atoms with E-state index < -0.39 is 28.5 Å². The second-order valence-corrected chi connectivity index (χ2v) is 13.3. The average Bonchev–Trinajstić information content (AvgIpc) is 3.42. The largest absolute Gasteiger partial charge is 0.352 e. The summed E-state index contributed by atoms with van der Waals surface area (Å²) in [7, 11) is -4.11. The van der Waals surface area contributed by atoms with Gasteiger partial charge in [-0.1, -0.05) is 60.3 Å². The normalized spacial score (nSPS) is 14.5. The summed E-state index contributed by atoms with van der Waals surface area (Å²) < 4.78 is 29.2. The molecule has 9 heteroatoms. The number of carbonyl (C=O) groups excluding carboxylic acids is 2. The van der Waals surface area contributed by atoms with Gasteiger partial charge in [0.15, 0.2) is 0 Å². The van der Waals surface area contributed by atoms with Gasteiger partial charge in [0.2, 0.25) is 11.8 Å². The number of benzene rings is 3. The van der Waals surface area contributed by atoms with Gasteiger partial charge in [0.05, 0.1) is 10.6 Å². The van der Waals surface area contributed by atoms with Crippen molar-refractivity contribution in [2.75, 3.05) is 10.8 Å². The molecule has 1 unspecified atom stereocenters. The highest BCUT2D eigenvalue weighted by atomic mass is 35.5. The molecule has 0 bridgehead atoms. The van der Waals surface area contributed by atoms with Gasteiger partial charge in [-0.15, -0.1) is 0 Å². The summed E-state index contributed by atoms with van der Waals surface area (Å²) in [6, 6.07) is 18.4. The lowest BCUT2D eigenvalue weighted by Crippen LogP contribution is -2.52. The summed E-state index contributed by atoms with van der Waals surface area (Å²) in [6.45, 7) is 6.96. The van der Waals surface area contributed by atoms with Crippen molar-refractivity contribution in [2.45, 2.75) is 76.9 Å². The Morgan fingerprint density at radius 2 is 1.56 bits per heavy atom. The van der Waals surface area contributed by atoms with E-state index in [0.717, 1.165) is 52.2 Å². The van der Waals surface area contributed by atoms with Crippen LogP contribution in [-0.2, 0) is 26.2 Å². The van der Waals surface area contributed by atoms with E-state index in [9.17, 15) is 18.0 Å². The van der Waals surface area contributed by atoms with E-state index in [1.807, 2.05) is 32.9 Å². The summed E-state index contributed by atoms with van der Waals surface area (Å²) in [6.07, 6.45) is 3.95. The third-order valence-corrected chi connectivity index (χ3v) is 9.52. The van der Waals surface area contributed by atoms with Crippen molar-refractivity contribution in [3.8, 4) is 0 Å². The lowest BCUT2D eigenvalue weighted by molar-refractivity contribution is -0.139. The number of sulfonamides is 1. The second-order valence-electron chi connectivity index (χ2n) is 11.0. The SMILES string of the molecule is Cc1ccc(S(=O)(=O)N(CC(=O)N(Cc2cccc(Cl)c2)C(C)C(=O)NC2CCCC2)c2cc(C)cc(C)c2)cc1. The number of halogens is 1. The van der Waals surface area contributed by atoms with Crippen LogP contribution in [0, 0.1) is 20.8 Å². The number of anilines is 1. The molecule has 0 radical (unpaired) electrons. The van der Waals surface area contributed by atoms with Gasteiger partial charge in [-0.2, -0.15) is 0 Å². The number of carbonyl (C=O) groups is 2. The predicted octanol–water partition coefficient (Wildman–Crippen LogP) is 5.94. The van der Waals surface area contributed by atoms with Crippen LogP contribution in [0.2, 0.25) is 5.02 Å². The molecule has 218 valence electrons. The standard InChI is InChI=1S/C32H38ClN3O4S/c1-22-12-14-30(15-13-22)41(39,40)36(29-17-23(2)16-24(3)18-29)21-31(37)35(20-26-8-7-9-27(33)19-26)25(4)32(38)34-28-10-5-6-11-28/h7-9,12-19,25,28H,5-6,10-11,20-21H2,1-4H3,(H,34,38). The maximum Gasteiger partial charge on any atom is 0.264 e. The van der Waals surface area contributed by atoms with E-state index in [4.69, 9.17) is 11.6 Å². The minimum absolute atomic E-state index is 0.0850. The summed E-state index contributed by atoms with van der Waals surface area (Å²) >= 11 is 6.23. The van der Waals surface area contributed by atoms with Crippen molar-refractivity contribution >= 4 is 39.1 Å². The second kappa shape index (κ2) is 13.1. The number of aryl methyl sites for hydroxylation is 3. The highest BCUT2D eigenvalue weighted by Gasteiger charge is 2.33. The number of rotatable bonds is 10. The van der Waals surface area contributed by atoms with E-state index >= 15 is 0 Å². The van der Waals surface area contributed by atoms with Gasteiger partial charge < -0.3 is 10.2 Å². The smallest absolute Gasteiger partial charge is 0.264 e. The van der Waals surface area contributed by atoms with Crippen LogP contribution in [0.15, 0.2) is 71.6 Å². The third-order valence-electron chi connectivity index (χ3n) is 7.49. The Morgan fingerprint density at radius 3 is 2.17 bits per heavy atom. The first-order chi connectivity index (χ1) is 19.4. The molecule has 4 rings (SSSR count). The fourth-order valence-electron chi connectivity index (χ4n) is 5.27. The predicted molar refractivity (Wildman–Crippen MR) is 163 cm³/mol. The molecule has 1 saturated carbocycles. The molecule has 41 heavy (non-hydrogen) atoms. The topological polar surface area (TPSA) is 86.8 Å². The zero-order chi connectivity index (χ0) is 29.7. The highest BCUT2D eigenvalue weighted by Crippen LogP contribution is 2.27. The van der Waals surface area contributed by atoms with Crippen molar-refractivity contribution in [3.63, 3.8) is 0 Å². The Morgan fingerprint density at radius 1 is 0.927 bits per heavy atom. The van der Waals surface area contributed by atoms with Crippen LogP contribution in [0.4, 0.5) is 5.69 Å². The van der Waals surface area contributed by atoms with Crippen molar-refractivity contribution in [3.05, 3.63) is 94.0 Å². The van der Waals surface area contributed by atoms with E-state index in [0.29, 0.717) is 10.7 Å². The zero-order valence-electron chi connectivity index (χ0n) is 24.1. The first-order valence-electron chi connectivity index (χ1n) is 14.0. The molecular weight excluding hydrogens is 558 g/mol. The van der Waals surface area contributed by atoms with Crippen molar-refractivity contribution in [2.24, 2.45) is 0 Å².